The van der Waals surface area contributed by atoms with Gasteiger partial charge in [0.1, 0.15) is 11.6 Å². The number of hydrogen-bond acceptors (Lipinski definition) is 4. The van der Waals surface area contributed by atoms with Crippen LogP contribution in [0.15, 0.2) is 59.7 Å². The highest BCUT2D eigenvalue weighted by molar-refractivity contribution is 5.97. The van der Waals surface area contributed by atoms with Crippen LogP contribution >= 0.6 is 0 Å². The van der Waals surface area contributed by atoms with Crippen molar-refractivity contribution in [2.45, 2.75) is 12.0 Å². The summed E-state index contributed by atoms with van der Waals surface area (Å²) >= 11 is 0. The van der Waals surface area contributed by atoms with Gasteiger partial charge in [-0.1, -0.05) is 30.3 Å². The summed E-state index contributed by atoms with van der Waals surface area (Å²) in [4.78, 5) is 16.8. The minimum atomic E-state index is -0.468. The molecule has 0 amide bonds. The number of H-pyrrole nitrogens is 1. The van der Waals surface area contributed by atoms with Gasteiger partial charge in [-0.2, -0.15) is 5.10 Å². The molecule has 27 heavy (non-hydrogen) atoms. The summed E-state index contributed by atoms with van der Waals surface area (Å²) in [6.07, 6.45) is 3.60. The van der Waals surface area contributed by atoms with Crippen molar-refractivity contribution < 1.29 is 4.39 Å². The maximum Gasteiger partial charge on any atom is 0.272 e. The SMILES string of the molecule is Cn1ccnc1C1Nc2cc(F)cc3c(=O)[nH]nc(c23)C1c1ccccc1. The monoisotopic (exact) mass is 361 g/mol. The molecule has 2 N–H and O–H groups in total. The fourth-order valence-electron chi connectivity index (χ4n) is 3.94. The van der Waals surface area contributed by atoms with E-state index in [1.807, 2.05) is 48.1 Å². The predicted molar refractivity (Wildman–Crippen MR) is 100 cm³/mol. The van der Waals surface area contributed by atoms with Crippen LogP contribution in [-0.4, -0.2) is 19.7 Å². The van der Waals surface area contributed by atoms with Crippen LogP contribution in [0.1, 0.15) is 29.0 Å². The standard InChI is InChI=1S/C20H16FN5O/c1-26-8-7-22-19(26)18-15(11-5-3-2-4-6-11)17-16-13(20(27)25-24-17)9-12(21)10-14(16)23-18/h2-10,15,18,23H,1H3,(H,25,27). The van der Waals surface area contributed by atoms with E-state index in [4.69, 9.17) is 0 Å². The molecule has 1 aliphatic rings. The summed E-state index contributed by atoms with van der Waals surface area (Å²) in [7, 11) is 1.92. The van der Waals surface area contributed by atoms with Crippen LogP contribution in [0.4, 0.5) is 10.1 Å². The molecule has 0 fully saturated rings. The summed E-state index contributed by atoms with van der Waals surface area (Å²) < 4.78 is 16.1. The molecule has 0 saturated carbocycles. The minimum absolute atomic E-state index is 0.190. The lowest BCUT2D eigenvalue weighted by molar-refractivity contribution is 0.581. The Labute approximate surface area is 153 Å². The summed E-state index contributed by atoms with van der Waals surface area (Å²) in [5.74, 6) is 0.147. The van der Waals surface area contributed by atoms with Crippen molar-refractivity contribution >= 4 is 16.5 Å². The van der Waals surface area contributed by atoms with E-state index < -0.39 is 11.4 Å². The molecule has 3 heterocycles. The molecular weight excluding hydrogens is 345 g/mol. The Bertz CT molecular complexity index is 1210. The first-order valence-corrected chi connectivity index (χ1v) is 8.64. The zero-order valence-electron chi connectivity index (χ0n) is 14.5. The van der Waals surface area contributed by atoms with Crippen molar-refractivity contribution in [1.29, 1.82) is 0 Å². The van der Waals surface area contributed by atoms with E-state index in [0.29, 0.717) is 22.2 Å². The molecule has 5 rings (SSSR count). The highest BCUT2D eigenvalue weighted by atomic mass is 19.1. The normalized spacial score (nSPS) is 18.4. The average Bonchev–Trinajstić information content (AvgIpc) is 3.10. The van der Waals surface area contributed by atoms with Gasteiger partial charge >= 0.3 is 0 Å². The second-order valence-electron chi connectivity index (χ2n) is 6.72. The van der Waals surface area contributed by atoms with Gasteiger partial charge in [-0.15, -0.1) is 0 Å². The molecule has 2 unspecified atom stereocenters. The topological polar surface area (TPSA) is 75.6 Å². The molecule has 0 bridgehead atoms. The highest BCUT2D eigenvalue weighted by Crippen LogP contribution is 2.45. The molecule has 134 valence electrons. The molecule has 2 atom stereocenters. The van der Waals surface area contributed by atoms with Gasteiger partial charge in [0, 0.05) is 30.5 Å². The van der Waals surface area contributed by atoms with Crippen molar-refractivity contribution in [2.75, 3.05) is 5.32 Å². The van der Waals surface area contributed by atoms with Gasteiger partial charge in [0.2, 0.25) is 0 Å². The van der Waals surface area contributed by atoms with Crippen LogP contribution in [0.5, 0.6) is 0 Å². The van der Waals surface area contributed by atoms with Crippen LogP contribution in [0.2, 0.25) is 0 Å². The highest BCUT2D eigenvalue weighted by Gasteiger charge is 2.36. The molecule has 7 heteroatoms. The van der Waals surface area contributed by atoms with Crippen LogP contribution in [0.25, 0.3) is 10.8 Å². The van der Waals surface area contributed by atoms with Crippen molar-refractivity contribution in [1.82, 2.24) is 19.7 Å². The Hall–Kier alpha value is -3.48. The van der Waals surface area contributed by atoms with Gasteiger partial charge in [0.15, 0.2) is 0 Å². The summed E-state index contributed by atoms with van der Waals surface area (Å²) in [5.41, 5.74) is 1.89. The molecule has 0 aliphatic carbocycles. The van der Waals surface area contributed by atoms with Crippen LogP contribution in [0, 0.1) is 5.82 Å². The fraction of sp³-hybridized carbons (Fsp3) is 0.150. The molecule has 0 saturated heterocycles. The second kappa shape index (κ2) is 5.77. The zero-order chi connectivity index (χ0) is 18.5. The minimum Gasteiger partial charge on any atom is -0.374 e. The van der Waals surface area contributed by atoms with E-state index in [0.717, 1.165) is 11.4 Å². The van der Waals surface area contributed by atoms with Gasteiger partial charge in [-0.25, -0.2) is 14.5 Å². The maximum atomic E-state index is 14.2. The van der Waals surface area contributed by atoms with Crippen LogP contribution in [0.3, 0.4) is 0 Å². The number of aromatic amines is 1. The number of imidazole rings is 1. The van der Waals surface area contributed by atoms with E-state index in [1.54, 1.807) is 6.20 Å². The lowest BCUT2D eigenvalue weighted by Crippen LogP contribution is -2.30. The van der Waals surface area contributed by atoms with E-state index >= 15 is 0 Å². The van der Waals surface area contributed by atoms with E-state index in [2.05, 4.69) is 20.5 Å². The number of hydrogen-bond donors (Lipinski definition) is 2. The first-order valence-electron chi connectivity index (χ1n) is 8.64. The Morgan fingerprint density at radius 1 is 1.19 bits per heavy atom. The largest absolute Gasteiger partial charge is 0.374 e. The molecule has 6 nitrogen and oxygen atoms in total. The first kappa shape index (κ1) is 15.7. The van der Waals surface area contributed by atoms with E-state index in [1.165, 1.54) is 12.1 Å². The molecular formula is C20H16FN5O. The van der Waals surface area contributed by atoms with Gasteiger partial charge in [0.05, 0.1) is 23.0 Å². The third kappa shape index (κ3) is 2.35. The third-order valence-corrected chi connectivity index (χ3v) is 5.12. The van der Waals surface area contributed by atoms with Gasteiger partial charge in [-0.3, -0.25) is 4.79 Å². The smallest absolute Gasteiger partial charge is 0.272 e. The number of nitrogens with one attached hydrogen (secondary N) is 2. The second-order valence-corrected chi connectivity index (χ2v) is 6.72. The molecule has 0 spiro atoms. The molecule has 0 radical (unpaired) electrons. The number of halogens is 1. The van der Waals surface area contributed by atoms with E-state index in [-0.39, 0.29) is 12.0 Å². The Morgan fingerprint density at radius 2 is 2.00 bits per heavy atom. The number of aryl methyl sites for hydroxylation is 1. The number of aromatic nitrogens is 4. The van der Waals surface area contributed by atoms with Crippen molar-refractivity contribution in [3.05, 3.63) is 88.1 Å². The third-order valence-electron chi connectivity index (χ3n) is 5.12. The van der Waals surface area contributed by atoms with Crippen molar-refractivity contribution in [3.63, 3.8) is 0 Å². The summed E-state index contributed by atoms with van der Waals surface area (Å²) in [6.45, 7) is 0. The quantitative estimate of drug-likeness (QED) is 0.575. The molecule has 4 aromatic rings. The lowest BCUT2D eigenvalue weighted by Gasteiger charge is -2.34. The zero-order valence-corrected chi connectivity index (χ0v) is 14.5. The van der Waals surface area contributed by atoms with Gasteiger partial charge in [0.25, 0.3) is 5.56 Å². The number of rotatable bonds is 2. The molecule has 2 aromatic heterocycles. The number of nitrogens with zero attached hydrogens (tertiary/aromatic N) is 3. The molecule has 2 aromatic carbocycles. The predicted octanol–water partition coefficient (Wildman–Crippen LogP) is 3.09. The number of benzene rings is 2. The molecule has 1 aliphatic heterocycles. The van der Waals surface area contributed by atoms with Crippen LogP contribution < -0.4 is 10.9 Å². The lowest BCUT2D eigenvalue weighted by atomic mass is 9.82. The van der Waals surface area contributed by atoms with Gasteiger partial charge in [-0.05, 0) is 17.7 Å². The fourth-order valence-corrected chi connectivity index (χ4v) is 3.94. The summed E-state index contributed by atoms with van der Waals surface area (Å²) in [5, 5.41) is 11.3. The Balaban J connectivity index is 1.84. The van der Waals surface area contributed by atoms with E-state index in [9.17, 15) is 9.18 Å². The van der Waals surface area contributed by atoms with Crippen molar-refractivity contribution in [2.24, 2.45) is 7.05 Å². The van der Waals surface area contributed by atoms with Crippen molar-refractivity contribution in [3.8, 4) is 0 Å². The number of anilines is 1. The summed E-state index contributed by atoms with van der Waals surface area (Å²) in [6, 6.07) is 12.3. The van der Waals surface area contributed by atoms with Gasteiger partial charge < -0.3 is 9.88 Å². The maximum absolute atomic E-state index is 14.2. The Morgan fingerprint density at radius 3 is 2.74 bits per heavy atom. The Kier molecular flexibility index (Phi) is 3.36. The first-order chi connectivity index (χ1) is 13.1. The average molecular weight is 361 g/mol. The van der Waals surface area contributed by atoms with Crippen LogP contribution in [-0.2, 0) is 7.05 Å².